The third-order valence-electron chi connectivity index (χ3n) is 3.75. The van der Waals surface area contributed by atoms with E-state index < -0.39 is 0 Å². The molecule has 1 atom stereocenters. The first kappa shape index (κ1) is 15.7. The molecule has 0 spiro atoms. The molecule has 3 N–H and O–H groups in total. The molecule has 0 heterocycles. The fraction of sp³-hybridized carbons (Fsp3) is 0.333. The van der Waals surface area contributed by atoms with E-state index >= 15 is 0 Å². The van der Waals surface area contributed by atoms with Crippen LogP contribution in [-0.4, -0.2) is 0 Å². The number of hydrogen-bond acceptors (Lipinski definition) is 2. The Balaban J connectivity index is 2.18. The number of hydrogen-bond donors (Lipinski definition) is 2. The highest BCUT2D eigenvalue weighted by Crippen LogP contribution is 2.22. The molecule has 0 fully saturated rings. The Morgan fingerprint density at radius 3 is 2.24 bits per heavy atom. The van der Waals surface area contributed by atoms with Gasteiger partial charge in [0.1, 0.15) is 5.82 Å². The number of halogens is 1. The van der Waals surface area contributed by atoms with Crippen molar-refractivity contribution in [3.8, 4) is 0 Å². The van der Waals surface area contributed by atoms with Gasteiger partial charge >= 0.3 is 0 Å². The summed E-state index contributed by atoms with van der Waals surface area (Å²) in [4.78, 5) is 0. The zero-order valence-electron chi connectivity index (χ0n) is 12.9. The summed E-state index contributed by atoms with van der Waals surface area (Å²) in [5.41, 5.74) is 7.07. The van der Waals surface area contributed by atoms with Crippen LogP contribution in [0, 0.1) is 12.7 Å². The molecule has 2 nitrogen and oxygen atoms in total. The largest absolute Gasteiger partial charge is 0.271 e. The smallest absolute Gasteiger partial charge is 0.123 e. The van der Waals surface area contributed by atoms with Gasteiger partial charge in [-0.05, 0) is 53.6 Å². The third-order valence-corrected chi connectivity index (χ3v) is 3.75. The highest BCUT2D eigenvalue weighted by molar-refractivity contribution is 5.30. The molecule has 3 heteroatoms. The average Bonchev–Trinajstić information content (AvgIpc) is 2.44. The van der Waals surface area contributed by atoms with E-state index in [0.29, 0.717) is 5.92 Å². The van der Waals surface area contributed by atoms with Gasteiger partial charge in [0.05, 0.1) is 6.04 Å². The van der Waals surface area contributed by atoms with Crippen LogP contribution in [0.3, 0.4) is 0 Å². The maximum absolute atomic E-state index is 13.5. The number of rotatable bonds is 5. The van der Waals surface area contributed by atoms with Gasteiger partial charge in [0.2, 0.25) is 0 Å². The summed E-state index contributed by atoms with van der Waals surface area (Å²) in [6.45, 7) is 6.24. The zero-order chi connectivity index (χ0) is 15.4. The van der Waals surface area contributed by atoms with Gasteiger partial charge in [0.25, 0.3) is 0 Å². The molecule has 2 aromatic rings. The monoisotopic (exact) mass is 286 g/mol. The van der Waals surface area contributed by atoms with E-state index in [1.807, 2.05) is 13.0 Å². The Kier molecular flexibility index (Phi) is 5.10. The van der Waals surface area contributed by atoms with Gasteiger partial charge in [0, 0.05) is 0 Å². The normalized spacial score (nSPS) is 12.7. The van der Waals surface area contributed by atoms with Crippen LogP contribution in [-0.2, 0) is 6.42 Å². The van der Waals surface area contributed by atoms with Crippen molar-refractivity contribution in [3.05, 3.63) is 70.5 Å². The molecule has 0 bridgehead atoms. The third kappa shape index (κ3) is 4.13. The first-order chi connectivity index (χ1) is 9.99. The van der Waals surface area contributed by atoms with Crippen molar-refractivity contribution in [3.63, 3.8) is 0 Å². The molecular formula is C18H23FN2. The van der Waals surface area contributed by atoms with Crippen LogP contribution in [0.4, 0.5) is 4.39 Å². The molecule has 0 saturated carbocycles. The molecule has 0 aliphatic rings. The summed E-state index contributed by atoms with van der Waals surface area (Å²) in [5, 5.41) is 0. The highest BCUT2D eigenvalue weighted by Gasteiger charge is 2.12. The molecule has 2 aromatic carbocycles. The Bertz CT molecular complexity index is 570. The SMILES string of the molecule is Cc1cc(F)cc(C(Cc2ccc(C(C)C)cc2)NN)c1. The van der Waals surface area contributed by atoms with Gasteiger partial charge in [0.15, 0.2) is 0 Å². The summed E-state index contributed by atoms with van der Waals surface area (Å²) in [5.74, 6) is 5.96. The molecule has 112 valence electrons. The lowest BCUT2D eigenvalue weighted by Crippen LogP contribution is -2.29. The molecule has 0 radical (unpaired) electrons. The maximum Gasteiger partial charge on any atom is 0.123 e. The average molecular weight is 286 g/mol. The Hall–Kier alpha value is -1.71. The van der Waals surface area contributed by atoms with Crippen molar-refractivity contribution >= 4 is 0 Å². The van der Waals surface area contributed by atoms with Crippen molar-refractivity contribution in [2.24, 2.45) is 5.84 Å². The number of aryl methyl sites for hydroxylation is 1. The van der Waals surface area contributed by atoms with Gasteiger partial charge in [-0.1, -0.05) is 44.2 Å². The molecule has 0 aliphatic carbocycles. The van der Waals surface area contributed by atoms with Crippen LogP contribution in [0.25, 0.3) is 0 Å². The minimum atomic E-state index is -0.222. The molecule has 21 heavy (non-hydrogen) atoms. The van der Waals surface area contributed by atoms with Crippen LogP contribution in [0.1, 0.15) is 48.1 Å². The summed E-state index contributed by atoms with van der Waals surface area (Å²) in [7, 11) is 0. The van der Waals surface area contributed by atoms with Gasteiger partial charge in [-0.15, -0.1) is 0 Å². The second-order valence-electron chi connectivity index (χ2n) is 5.88. The lowest BCUT2D eigenvalue weighted by atomic mass is 9.95. The standard InChI is InChI=1S/C18H23FN2/c1-12(2)15-6-4-14(5-7-15)10-18(21-20)16-8-13(3)9-17(19)11-16/h4-9,11-12,18,21H,10,20H2,1-3H3. The Labute approximate surface area is 126 Å². The van der Waals surface area contributed by atoms with E-state index in [1.54, 1.807) is 6.07 Å². The molecule has 0 aliphatic heterocycles. The van der Waals surface area contributed by atoms with E-state index in [1.165, 1.54) is 17.2 Å². The highest BCUT2D eigenvalue weighted by atomic mass is 19.1. The second-order valence-corrected chi connectivity index (χ2v) is 5.88. The quantitative estimate of drug-likeness (QED) is 0.644. The molecule has 0 aromatic heterocycles. The fourth-order valence-electron chi connectivity index (χ4n) is 2.51. The molecule has 0 saturated heterocycles. The minimum Gasteiger partial charge on any atom is -0.271 e. The lowest BCUT2D eigenvalue weighted by molar-refractivity contribution is 0.544. The zero-order valence-corrected chi connectivity index (χ0v) is 12.9. The number of benzene rings is 2. The van der Waals surface area contributed by atoms with Crippen molar-refractivity contribution in [1.29, 1.82) is 0 Å². The van der Waals surface area contributed by atoms with E-state index in [9.17, 15) is 4.39 Å². The minimum absolute atomic E-state index is 0.0932. The van der Waals surface area contributed by atoms with Crippen LogP contribution in [0.5, 0.6) is 0 Å². The lowest BCUT2D eigenvalue weighted by Gasteiger charge is -2.18. The van der Waals surface area contributed by atoms with E-state index in [4.69, 9.17) is 5.84 Å². The van der Waals surface area contributed by atoms with Crippen molar-refractivity contribution in [2.45, 2.75) is 39.2 Å². The summed E-state index contributed by atoms with van der Waals surface area (Å²) >= 11 is 0. The predicted molar refractivity (Wildman–Crippen MR) is 85.4 cm³/mol. The fourth-order valence-corrected chi connectivity index (χ4v) is 2.51. The van der Waals surface area contributed by atoms with E-state index in [0.717, 1.165) is 17.5 Å². The first-order valence-electron chi connectivity index (χ1n) is 7.31. The molecular weight excluding hydrogens is 263 g/mol. The second kappa shape index (κ2) is 6.83. The van der Waals surface area contributed by atoms with E-state index in [2.05, 4.69) is 43.5 Å². The number of nitrogens with one attached hydrogen (secondary N) is 1. The number of nitrogens with two attached hydrogens (primary N) is 1. The molecule has 1 unspecified atom stereocenters. The predicted octanol–water partition coefficient (Wildman–Crippen LogP) is 4.00. The van der Waals surface area contributed by atoms with Gasteiger partial charge in [-0.2, -0.15) is 0 Å². The van der Waals surface area contributed by atoms with Gasteiger partial charge in [-0.3, -0.25) is 11.3 Å². The van der Waals surface area contributed by atoms with Crippen LogP contribution < -0.4 is 11.3 Å². The first-order valence-corrected chi connectivity index (χ1v) is 7.31. The van der Waals surface area contributed by atoms with Gasteiger partial charge < -0.3 is 0 Å². The molecule has 2 rings (SSSR count). The van der Waals surface area contributed by atoms with Crippen LogP contribution in [0.15, 0.2) is 42.5 Å². The van der Waals surface area contributed by atoms with Crippen molar-refractivity contribution in [1.82, 2.24) is 5.43 Å². The van der Waals surface area contributed by atoms with Crippen molar-refractivity contribution < 1.29 is 4.39 Å². The van der Waals surface area contributed by atoms with Crippen molar-refractivity contribution in [2.75, 3.05) is 0 Å². The Morgan fingerprint density at radius 2 is 1.71 bits per heavy atom. The Morgan fingerprint density at radius 1 is 1.05 bits per heavy atom. The number of hydrazine groups is 1. The van der Waals surface area contributed by atoms with Gasteiger partial charge in [-0.25, -0.2) is 4.39 Å². The summed E-state index contributed by atoms with van der Waals surface area (Å²) < 4.78 is 13.5. The summed E-state index contributed by atoms with van der Waals surface area (Å²) in [6, 6.07) is 13.5. The van der Waals surface area contributed by atoms with Crippen LogP contribution >= 0.6 is 0 Å². The summed E-state index contributed by atoms with van der Waals surface area (Å²) in [6.07, 6.45) is 0.734. The molecule has 0 amide bonds. The topological polar surface area (TPSA) is 38.0 Å². The van der Waals surface area contributed by atoms with E-state index in [-0.39, 0.29) is 11.9 Å². The van der Waals surface area contributed by atoms with Crippen LogP contribution in [0.2, 0.25) is 0 Å². The maximum atomic E-state index is 13.5.